The minimum atomic E-state index is -0.634. The molecule has 2 aliphatic rings. The number of rotatable bonds is 9. The van der Waals surface area contributed by atoms with Crippen LogP contribution in [0.25, 0.3) is 0 Å². The van der Waals surface area contributed by atoms with Gasteiger partial charge in [-0.1, -0.05) is 72.8 Å². The van der Waals surface area contributed by atoms with E-state index >= 15 is 0 Å². The lowest BCUT2D eigenvalue weighted by Crippen LogP contribution is -2.63. The highest BCUT2D eigenvalue weighted by molar-refractivity contribution is 5.26. The van der Waals surface area contributed by atoms with Crippen molar-refractivity contribution < 1.29 is 33.2 Å². The normalized spacial score (nSPS) is 27.8. The van der Waals surface area contributed by atoms with Crippen molar-refractivity contribution in [3.63, 3.8) is 0 Å². The van der Waals surface area contributed by atoms with Gasteiger partial charge in [-0.3, -0.25) is 0 Å². The Balaban J connectivity index is 1.37. The second-order valence-corrected chi connectivity index (χ2v) is 8.84. The molecule has 0 spiro atoms. The van der Waals surface area contributed by atoms with Crippen molar-refractivity contribution in [3.05, 3.63) is 102 Å². The lowest BCUT2D eigenvalue weighted by atomic mass is 9.97. The first kappa shape index (κ1) is 24.9. The molecule has 6 atom stereocenters. The zero-order valence-electron chi connectivity index (χ0n) is 20.5. The lowest BCUT2D eigenvalue weighted by molar-refractivity contribution is -0.369. The Morgan fingerprint density at radius 2 is 1.36 bits per heavy atom. The topological polar surface area (TPSA) is 64.6 Å². The van der Waals surface area contributed by atoms with E-state index in [0.29, 0.717) is 19.8 Å². The molecule has 0 N–H and O–H groups in total. The molecule has 0 bridgehead atoms. The number of fused-ring (bicyclic) bond motifs is 1. The largest absolute Gasteiger partial charge is 0.497 e. The molecule has 7 heteroatoms. The molecular formula is C29H32O7. The number of hydrogen-bond donors (Lipinski definition) is 0. The van der Waals surface area contributed by atoms with Gasteiger partial charge in [-0.25, -0.2) is 0 Å². The molecule has 0 aliphatic carbocycles. The van der Waals surface area contributed by atoms with Gasteiger partial charge in [0.1, 0.15) is 30.2 Å². The average molecular weight is 493 g/mol. The van der Waals surface area contributed by atoms with Crippen LogP contribution >= 0.6 is 0 Å². The first-order valence-corrected chi connectivity index (χ1v) is 12.2. The molecule has 0 saturated carbocycles. The van der Waals surface area contributed by atoms with Gasteiger partial charge in [0.05, 0.1) is 26.9 Å². The van der Waals surface area contributed by atoms with E-state index in [4.69, 9.17) is 33.2 Å². The van der Waals surface area contributed by atoms with E-state index < -0.39 is 30.9 Å². The molecule has 3 aromatic carbocycles. The summed E-state index contributed by atoms with van der Waals surface area (Å²) < 4.78 is 42.6. The van der Waals surface area contributed by atoms with E-state index in [9.17, 15) is 0 Å². The Bertz CT molecular complexity index is 1060. The summed E-state index contributed by atoms with van der Waals surface area (Å²) in [6.45, 7) is 1.13. The highest BCUT2D eigenvalue weighted by atomic mass is 16.8. The summed E-state index contributed by atoms with van der Waals surface area (Å²) in [4.78, 5) is 0. The van der Waals surface area contributed by atoms with Gasteiger partial charge in [0.25, 0.3) is 0 Å². The van der Waals surface area contributed by atoms with E-state index in [0.717, 1.165) is 22.4 Å². The van der Waals surface area contributed by atoms with E-state index in [1.807, 2.05) is 84.9 Å². The number of benzene rings is 3. The van der Waals surface area contributed by atoms with Crippen molar-refractivity contribution in [2.45, 2.75) is 50.2 Å². The van der Waals surface area contributed by atoms with Crippen molar-refractivity contribution in [1.82, 2.24) is 0 Å². The van der Waals surface area contributed by atoms with Crippen LogP contribution in [0.1, 0.15) is 23.0 Å². The molecule has 5 rings (SSSR count). The Hall–Kier alpha value is -2.78. The first-order valence-electron chi connectivity index (χ1n) is 12.2. The van der Waals surface area contributed by atoms with Crippen LogP contribution in [-0.2, 0) is 41.6 Å². The zero-order valence-corrected chi connectivity index (χ0v) is 20.5. The summed E-state index contributed by atoms with van der Waals surface area (Å²) in [5, 5.41) is 0. The van der Waals surface area contributed by atoms with Crippen molar-refractivity contribution in [2.75, 3.05) is 20.8 Å². The molecule has 0 radical (unpaired) electrons. The van der Waals surface area contributed by atoms with Crippen LogP contribution in [0.15, 0.2) is 84.9 Å². The van der Waals surface area contributed by atoms with Gasteiger partial charge in [0.15, 0.2) is 12.6 Å². The molecular weight excluding hydrogens is 460 g/mol. The molecule has 2 fully saturated rings. The number of ether oxygens (including phenoxy) is 7. The Morgan fingerprint density at radius 3 is 2.03 bits per heavy atom. The predicted molar refractivity (Wildman–Crippen MR) is 132 cm³/mol. The molecule has 2 saturated heterocycles. The molecule has 36 heavy (non-hydrogen) atoms. The van der Waals surface area contributed by atoms with Crippen LogP contribution in [0.5, 0.6) is 5.75 Å². The molecule has 3 unspecified atom stereocenters. The molecule has 3 aromatic rings. The SMILES string of the molecule is COc1ccc(COC2[C@@H](OC)OC3COC(c4ccccc4)O[C@H]3[C@H]2OCc2ccccc2)cc1. The van der Waals surface area contributed by atoms with Gasteiger partial charge in [-0.15, -0.1) is 0 Å². The summed E-state index contributed by atoms with van der Waals surface area (Å²) in [7, 11) is 3.26. The minimum Gasteiger partial charge on any atom is -0.497 e. The van der Waals surface area contributed by atoms with Crippen LogP contribution in [0.3, 0.4) is 0 Å². The third-order valence-corrected chi connectivity index (χ3v) is 6.47. The Morgan fingerprint density at radius 1 is 0.722 bits per heavy atom. The first-order chi connectivity index (χ1) is 17.7. The Kier molecular flexibility index (Phi) is 8.28. The fraction of sp³-hybridized carbons (Fsp3) is 0.379. The second-order valence-electron chi connectivity index (χ2n) is 8.84. The van der Waals surface area contributed by atoms with Gasteiger partial charge in [-0.05, 0) is 23.3 Å². The number of methoxy groups -OCH3 is 2. The monoisotopic (exact) mass is 492 g/mol. The predicted octanol–water partition coefficient (Wildman–Crippen LogP) is 4.65. The number of hydrogen-bond acceptors (Lipinski definition) is 7. The maximum Gasteiger partial charge on any atom is 0.186 e. The van der Waals surface area contributed by atoms with E-state index in [1.165, 1.54) is 0 Å². The molecule has 7 nitrogen and oxygen atoms in total. The highest BCUT2D eigenvalue weighted by Gasteiger charge is 2.51. The summed E-state index contributed by atoms with van der Waals surface area (Å²) in [6, 6.07) is 27.7. The van der Waals surface area contributed by atoms with Crippen molar-refractivity contribution >= 4 is 0 Å². The fourth-order valence-electron chi connectivity index (χ4n) is 4.56. The van der Waals surface area contributed by atoms with Gasteiger partial charge in [0, 0.05) is 12.7 Å². The highest BCUT2D eigenvalue weighted by Crippen LogP contribution is 2.37. The third kappa shape index (κ3) is 5.78. The maximum atomic E-state index is 6.51. The maximum absolute atomic E-state index is 6.51. The molecule has 2 heterocycles. The van der Waals surface area contributed by atoms with Crippen LogP contribution in [0, 0.1) is 0 Å². The zero-order chi connectivity index (χ0) is 24.7. The van der Waals surface area contributed by atoms with Crippen LogP contribution < -0.4 is 4.74 Å². The summed E-state index contributed by atoms with van der Waals surface area (Å²) in [5.41, 5.74) is 3.02. The lowest BCUT2D eigenvalue weighted by Gasteiger charge is -2.48. The van der Waals surface area contributed by atoms with Crippen LogP contribution in [0.4, 0.5) is 0 Å². The summed E-state index contributed by atoms with van der Waals surface area (Å²) in [5.74, 6) is 0.795. The van der Waals surface area contributed by atoms with E-state index in [1.54, 1.807) is 14.2 Å². The van der Waals surface area contributed by atoms with Gasteiger partial charge in [-0.2, -0.15) is 0 Å². The fourth-order valence-corrected chi connectivity index (χ4v) is 4.56. The van der Waals surface area contributed by atoms with Gasteiger partial charge >= 0.3 is 0 Å². The molecule has 2 aliphatic heterocycles. The van der Waals surface area contributed by atoms with Crippen molar-refractivity contribution in [1.29, 1.82) is 0 Å². The van der Waals surface area contributed by atoms with Crippen molar-refractivity contribution in [3.8, 4) is 5.75 Å². The minimum absolute atomic E-state index is 0.350. The average Bonchev–Trinajstić information content (AvgIpc) is 2.95. The smallest absolute Gasteiger partial charge is 0.186 e. The quantitative estimate of drug-likeness (QED) is 0.431. The van der Waals surface area contributed by atoms with E-state index in [2.05, 4.69) is 0 Å². The van der Waals surface area contributed by atoms with Gasteiger partial charge in [0.2, 0.25) is 0 Å². The molecule has 0 amide bonds. The molecule has 0 aromatic heterocycles. The molecule has 190 valence electrons. The van der Waals surface area contributed by atoms with Gasteiger partial charge < -0.3 is 33.2 Å². The van der Waals surface area contributed by atoms with Crippen LogP contribution in [0.2, 0.25) is 0 Å². The third-order valence-electron chi connectivity index (χ3n) is 6.47. The van der Waals surface area contributed by atoms with E-state index in [-0.39, 0.29) is 6.10 Å². The summed E-state index contributed by atoms with van der Waals surface area (Å²) in [6.07, 6.45) is -2.86. The standard InChI is InChI=1S/C29H32O7/c1-30-23-15-13-21(14-16-23)18-33-27-26(32-17-20-9-5-3-6-10-20)25-24(35-29(27)31-2)19-34-28(36-25)22-11-7-4-8-12-22/h3-16,24-29H,17-19H2,1-2H3/t24?,25-,26-,27?,28?,29+/m1/s1. The summed E-state index contributed by atoms with van der Waals surface area (Å²) >= 11 is 0. The second kappa shape index (κ2) is 12.0. The van der Waals surface area contributed by atoms with Crippen LogP contribution in [-0.4, -0.2) is 51.5 Å². The Labute approximate surface area is 211 Å². The van der Waals surface area contributed by atoms with Crippen molar-refractivity contribution in [2.24, 2.45) is 0 Å².